The van der Waals surface area contributed by atoms with Gasteiger partial charge in [-0.2, -0.15) is 0 Å². The van der Waals surface area contributed by atoms with Gasteiger partial charge in [-0.25, -0.2) is 8.78 Å². The molecular formula is C18H22F2N2O2. The number of carbonyl (C=O) groups is 2. The van der Waals surface area contributed by atoms with Crippen LogP contribution in [0.3, 0.4) is 0 Å². The Kier molecular flexibility index (Phi) is 4.32. The first kappa shape index (κ1) is 16.9. The molecule has 1 spiro atoms. The van der Waals surface area contributed by atoms with Gasteiger partial charge in [0, 0.05) is 19.1 Å². The molecule has 0 N–H and O–H groups in total. The van der Waals surface area contributed by atoms with E-state index in [9.17, 15) is 18.4 Å². The highest BCUT2D eigenvalue weighted by Crippen LogP contribution is 2.40. The fourth-order valence-electron chi connectivity index (χ4n) is 4.00. The van der Waals surface area contributed by atoms with E-state index < -0.39 is 28.6 Å². The number of piperidine rings is 1. The summed E-state index contributed by atoms with van der Waals surface area (Å²) < 4.78 is 28.1. The lowest BCUT2D eigenvalue weighted by Crippen LogP contribution is -2.62. The molecule has 0 aromatic heterocycles. The summed E-state index contributed by atoms with van der Waals surface area (Å²) in [7, 11) is 0. The molecule has 0 radical (unpaired) electrons. The largest absolute Gasteiger partial charge is 0.338 e. The average Bonchev–Trinajstić information content (AvgIpc) is 2.94. The highest BCUT2D eigenvalue weighted by molar-refractivity contribution is 6.00. The standard InChI is InChI=1S/C18H22F2N2O2/c1-12(2)21-10-4-8-18(17(21)24)9-5-11-22(18)16(23)15-13(19)6-3-7-14(15)20/h3,6-7,12H,4-5,8-11H2,1-2H3. The molecule has 2 aliphatic rings. The van der Waals surface area contributed by atoms with Gasteiger partial charge in [-0.1, -0.05) is 6.07 Å². The molecule has 6 heteroatoms. The number of benzene rings is 1. The predicted molar refractivity (Wildman–Crippen MR) is 85.4 cm³/mol. The Bertz CT molecular complexity index is 657. The summed E-state index contributed by atoms with van der Waals surface area (Å²) in [4.78, 5) is 29.1. The number of carbonyl (C=O) groups excluding carboxylic acids is 2. The van der Waals surface area contributed by atoms with Crippen LogP contribution in [0.25, 0.3) is 0 Å². The second-order valence-electron chi connectivity index (χ2n) is 6.88. The molecule has 1 aromatic rings. The van der Waals surface area contributed by atoms with Crippen LogP contribution in [-0.2, 0) is 4.79 Å². The van der Waals surface area contributed by atoms with E-state index in [1.807, 2.05) is 13.8 Å². The number of rotatable bonds is 2. The fourth-order valence-corrected chi connectivity index (χ4v) is 4.00. The van der Waals surface area contributed by atoms with Crippen molar-refractivity contribution in [1.29, 1.82) is 0 Å². The van der Waals surface area contributed by atoms with Gasteiger partial charge in [0.25, 0.3) is 5.91 Å². The van der Waals surface area contributed by atoms with Gasteiger partial charge in [-0.15, -0.1) is 0 Å². The molecule has 2 heterocycles. The summed E-state index contributed by atoms with van der Waals surface area (Å²) in [5, 5.41) is 0. The molecule has 2 saturated heterocycles. The van der Waals surface area contributed by atoms with Crippen LogP contribution >= 0.6 is 0 Å². The Morgan fingerprint density at radius 2 is 1.71 bits per heavy atom. The first-order valence-electron chi connectivity index (χ1n) is 8.45. The summed E-state index contributed by atoms with van der Waals surface area (Å²) in [6.45, 7) is 4.89. The third kappa shape index (κ3) is 2.48. The molecule has 24 heavy (non-hydrogen) atoms. The van der Waals surface area contributed by atoms with Crippen LogP contribution in [0.15, 0.2) is 18.2 Å². The summed E-state index contributed by atoms with van der Waals surface area (Å²) in [5.74, 6) is -2.58. The van der Waals surface area contributed by atoms with E-state index in [-0.39, 0.29) is 11.9 Å². The van der Waals surface area contributed by atoms with Crippen molar-refractivity contribution in [3.63, 3.8) is 0 Å². The molecule has 0 bridgehead atoms. The van der Waals surface area contributed by atoms with Gasteiger partial charge in [0.1, 0.15) is 22.7 Å². The van der Waals surface area contributed by atoms with Crippen molar-refractivity contribution in [3.05, 3.63) is 35.4 Å². The molecule has 0 saturated carbocycles. The smallest absolute Gasteiger partial charge is 0.260 e. The zero-order valence-corrected chi connectivity index (χ0v) is 14.0. The van der Waals surface area contributed by atoms with Crippen LogP contribution < -0.4 is 0 Å². The number of hydrogen-bond acceptors (Lipinski definition) is 2. The molecule has 2 amide bonds. The topological polar surface area (TPSA) is 40.6 Å². The predicted octanol–water partition coefficient (Wildman–Crippen LogP) is 2.97. The van der Waals surface area contributed by atoms with Gasteiger partial charge in [0.05, 0.1) is 0 Å². The van der Waals surface area contributed by atoms with E-state index in [4.69, 9.17) is 0 Å². The summed E-state index contributed by atoms with van der Waals surface area (Å²) in [6.07, 6.45) is 2.56. The zero-order chi connectivity index (χ0) is 17.5. The molecule has 1 unspecified atom stereocenters. The molecule has 130 valence electrons. The molecule has 3 rings (SSSR count). The third-order valence-electron chi connectivity index (χ3n) is 5.18. The molecule has 4 nitrogen and oxygen atoms in total. The van der Waals surface area contributed by atoms with Gasteiger partial charge in [0.2, 0.25) is 5.91 Å². The lowest BCUT2D eigenvalue weighted by atomic mass is 9.84. The molecule has 2 aliphatic heterocycles. The van der Waals surface area contributed by atoms with Crippen LogP contribution in [0.1, 0.15) is 49.9 Å². The van der Waals surface area contributed by atoms with Gasteiger partial charge >= 0.3 is 0 Å². The monoisotopic (exact) mass is 336 g/mol. The van der Waals surface area contributed by atoms with Crippen LogP contribution in [0.5, 0.6) is 0 Å². The number of nitrogens with zero attached hydrogens (tertiary/aromatic N) is 2. The summed E-state index contributed by atoms with van der Waals surface area (Å²) >= 11 is 0. The second-order valence-corrected chi connectivity index (χ2v) is 6.88. The van der Waals surface area contributed by atoms with Crippen molar-refractivity contribution < 1.29 is 18.4 Å². The van der Waals surface area contributed by atoms with Crippen molar-refractivity contribution in [2.24, 2.45) is 0 Å². The van der Waals surface area contributed by atoms with E-state index in [2.05, 4.69) is 0 Å². The Morgan fingerprint density at radius 1 is 1.12 bits per heavy atom. The van der Waals surface area contributed by atoms with Gasteiger partial charge in [-0.3, -0.25) is 9.59 Å². The molecule has 0 aliphatic carbocycles. The van der Waals surface area contributed by atoms with E-state index in [1.165, 1.54) is 11.0 Å². The Hall–Kier alpha value is -1.98. The van der Waals surface area contributed by atoms with Crippen LogP contribution in [0.2, 0.25) is 0 Å². The Labute approximate surface area is 140 Å². The van der Waals surface area contributed by atoms with E-state index in [1.54, 1.807) is 4.90 Å². The van der Waals surface area contributed by atoms with Crippen molar-refractivity contribution in [3.8, 4) is 0 Å². The van der Waals surface area contributed by atoms with Gasteiger partial charge in [-0.05, 0) is 51.7 Å². The van der Waals surface area contributed by atoms with Crippen molar-refractivity contribution in [1.82, 2.24) is 9.80 Å². The molecular weight excluding hydrogens is 314 g/mol. The van der Waals surface area contributed by atoms with Crippen molar-refractivity contribution in [2.75, 3.05) is 13.1 Å². The van der Waals surface area contributed by atoms with Crippen LogP contribution in [0, 0.1) is 11.6 Å². The zero-order valence-electron chi connectivity index (χ0n) is 14.0. The minimum Gasteiger partial charge on any atom is -0.338 e. The number of hydrogen-bond donors (Lipinski definition) is 0. The van der Waals surface area contributed by atoms with E-state index in [0.717, 1.165) is 18.6 Å². The Morgan fingerprint density at radius 3 is 2.29 bits per heavy atom. The van der Waals surface area contributed by atoms with Crippen molar-refractivity contribution in [2.45, 2.75) is 51.1 Å². The van der Waals surface area contributed by atoms with Crippen molar-refractivity contribution >= 4 is 11.8 Å². The first-order valence-corrected chi connectivity index (χ1v) is 8.45. The lowest BCUT2D eigenvalue weighted by Gasteiger charge is -2.46. The third-order valence-corrected chi connectivity index (χ3v) is 5.18. The minimum absolute atomic E-state index is 0.0393. The maximum absolute atomic E-state index is 14.0. The number of likely N-dealkylation sites (tertiary alicyclic amines) is 2. The van der Waals surface area contributed by atoms with Gasteiger partial charge < -0.3 is 9.80 Å². The summed E-state index contributed by atoms with van der Waals surface area (Å²) in [5.41, 5.74) is -1.51. The molecule has 2 fully saturated rings. The normalized spacial score (nSPS) is 24.3. The van der Waals surface area contributed by atoms with E-state index >= 15 is 0 Å². The van der Waals surface area contributed by atoms with E-state index in [0.29, 0.717) is 32.4 Å². The van der Waals surface area contributed by atoms with Crippen LogP contribution in [0.4, 0.5) is 8.78 Å². The molecule has 1 atom stereocenters. The highest BCUT2D eigenvalue weighted by Gasteiger charge is 2.53. The quantitative estimate of drug-likeness (QED) is 0.833. The van der Waals surface area contributed by atoms with Crippen LogP contribution in [-0.4, -0.2) is 46.3 Å². The lowest BCUT2D eigenvalue weighted by molar-refractivity contribution is -0.147. The highest BCUT2D eigenvalue weighted by atomic mass is 19.1. The maximum Gasteiger partial charge on any atom is 0.260 e. The minimum atomic E-state index is -0.950. The molecule has 1 aromatic carbocycles. The average molecular weight is 336 g/mol. The first-order chi connectivity index (χ1) is 11.4. The Balaban J connectivity index is 1.98. The fraction of sp³-hybridized carbons (Fsp3) is 0.556. The number of halogens is 2. The summed E-state index contributed by atoms with van der Waals surface area (Å²) in [6, 6.07) is 3.41. The number of amides is 2. The van der Waals surface area contributed by atoms with Gasteiger partial charge in [0.15, 0.2) is 0 Å². The maximum atomic E-state index is 14.0. The SMILES string of the molecule is CC(C)N1CCCC2(CCCN2C(=O)c2c(F)cccc2F)C1=O. The second kappa shape index (κ2) is 6.15.